The van der Waals surface area contributed by atoms with Crippen LogP contribution in [0.2, 0.25) is 0 Å². The third-order valence-corrected chi connectivity index (χ3v) is 3.30. The second-order valence-electron chi connectivity index (χ2n) is 4.90. The zero-order valence-electron chi connectivity index (χ0n) is 12.5. The predicted molar refractivity (Wildman–Crippen MR) is 81.9 cm³/mol. The summed E-state index contributed by atoms with van der Waals surface area (Å²) in [5, 5.41) is 2.65. The number of halogens is 2. The lowest BCUT2D eigenvalue weighted by Gasteiger charge is -2.08. The van der Waals surface area contributed by atoms with Gasteiger partial charge in [-0.1, -0.05) is 0 Å². The minimum absolute atomic E-state index is 0.0612. The van der Waals surface area contributed by atoms with Gasteiger partial charge in [-0.05, 0) is 24.3 Å². The van der Waals surface area contributed by atoms with Crippen molar-refractivity contribution in [2.45, 2.75) is 6.54 Å². The van der Waals surface area contributed by atoms with E-state index in [0.717, 1.165) is 12.1 Å². The van der Waals surface area contributed by atoms with E-state index in [9.17, 15) is 13.6 Å². The summed E-state index contributed by atoms with van der Waals surface area (Å²) in [7, 11) is 0. The molecule has 2 heterocycles. The molecule has 0 bridgehead atoms. The van der Waals surface area contributed by atoms with Gasteiger partial charge in [0, 0.05) is 43.4 Å². The van der Waals surface area contributed by atoms with Gasteiger partial charge in [-0.25, -0.2) is 23.7 Å². The van der Waals surface area contributed by atoms with E-state index >= 15 is 0 Å². The summed E-state index contributed by atoms with van der Waals surface area (Å²) in [6.45, 7) is 0.719. The Bertz CT molecular complexity index is 851. The van der Waals surface area contributed by atoms with Crippen molar-refractivity contribution in [3.63, 3.8) is 0 Å². The van der Waals surface area contributed by atoms with Crippen LogP contribution in [0.1, 0.15) is 10.4 Å². The first-order valence-corrected chi connectivity index (χ1v) is 7.17. The summed E-state index contributed by atoms with van der Waals surface area (Å²) < 4.78 is 27.8. The lowest BCUT2D eigenvalue weighted by molar-refractivity contribution is 0.0951. The summed E-state index contributed by atoms with van der Waals surface area (Å²) >= 11 is 0. The molecule has 0 fully saturated rings. The number of imidazole rings is 1. The van der Waals surface area contributed by atoms with E-state index in [4.69, 9.17) is 0 Å². The lowest BCUT2D eigenvalue weighted by Crippen LogP contribution is -2.27. The molecule has 122 valence electrons. The molecule has 0 saturated heterocycles. The van der Waals surface area contributed by atoms with Gasteiger partial charge in [-0.2, -0.15) is 0 Å². The van der Waals surface area contributed by atoms with Crippen molar-refractivity contribution >= 4 is 5.91 Å². The number of nitrogens with one attached hydrogen (secondary N) is 1. The summed E-state index contributed by atoms with van der Waals surface area (Å²) in [6.07, 6.45) is 6.59. The Hall–Kier alpha value is -3.16. The molecule has 8 heteroatoms. The van der Waals surface area contributed by atoms with Crippen LogP contribution in [0.5, 0.6) is 0 Å². The average Bonchev–Trinajstić information content (AvgIpc) is 3.06. The van der Waals surface area contributed by atoms with Crippen molar-refractivity contribution in [1.82, 2.24) is 24.8 Å². The van der Waals surface area contributed by atoms with E-state index in [1.807, 2.05) is 0 Å². The molecule has 0 saturated carbocycles. The van der Waals surface area contributed by atoms with Crippen molar-refractivity contribution in [2.75, 3.05) is 6.54 Å². The topological polar surface area (TPSA) is 72.7 Å². The standard InChI is InChI=1S/C16H13F2N5O/c17-12-3-2-11(10-13(12)18)16(24)22-7-9-23-8-6-21-15(23)14-19-4-1-5-20-14/h1-6,8,10H,7,9H2,(H,22,24). The van der Waals surface area contributed by atoms with Crippen LogP contribution in [0.3, 0.4) is 0 Å². The van der Waals surface area contributed by atoms with Gasteiger partial charge in [0.2, 0.25) is 0 Å². The maximum Gasteiger partial charge on any atom is 0.251 e. The molecular weight excluding hydrogens is 316 g/mol. The monoisotopic (exact) mass is 329 g/mol. The molecule has 3 rings (SSSR count). The zero-order valence-corrected chi connectivity index (χ0v) is 12.5. The number of hydrogen-bond donors (Lipinski definition) is 1. The fraction of sp³-hybridized carbons (Fsp3) is 0.125. The van der Waals surface area contributed by atoms with E-state index < -0.39 is 17.5 Å². The van der Waals surface area contributed by atoms with Gasteiger partial charge in [-0.3, -0.25) is 4.79 Å². The molecule has 2 aromatic heterocycles. The van der Waals surface area contributed by atoms with Gasteiger partial charge < -0.3 is 9.88 Å². The van der Waals surface area contributed by atoms with Crippen LogP contribution in [0.4, 0.5) is 8.78 Å². The highest BCUT2D eigenvalue weighted by Crippen LogP contribution is 2.11. The molecule has 3 aromatic rings. The Balaban J connectivity index is 1.62. The molecule has 1 amide bonds. The normalized spacial score (nSPS) is 10.6. The van der Waals surface area contributed by atoms with Gasteiger partial charge in [0.1, 0.15) is 0 Å². The minimum Gasteiger partial charge on any atom is -0.350 e. The van der Waals surface area contributed by atoms with Crippen LogP contribution in [0.25, 0.3) is 11.6 Å². The molecule has 24 heavy (non-hydrogen) atoms. The van der Waals surface area contributed by atoms with Gasteiger partial charge in [0.15, 0.2) is 23.3 Å². The average molecular weight is 329 g/mol. The Morgan fingerprint density at radius 3 is 2.62 bits per heavy atom. The van der Waals surface area contributed by atoms with Crippen LogP contribution in [0.15, 0.2) is 49.1 Å². The number of carbonyl (C=O) groups excluding carboxylic acids is 1. The van der Waals surface area contributed by atoms with E-state index in [0.29, 0.717) is 18.2 Å². The van der Waals surface area contributed by atoms with Crippen LogP contribution in [0, 0.1) is 11.6 Å². The Morgan fingerprint density at radius 2 is 1.88 bits per heavy atom. The quantitative estimate of drug-likeness (QED) is 0.777. The van der Waals surface area contributed by atoms with Crippen LogP contribution in [-0.4, -0.2) is 32.0 Å². The molecule has 0 aliphatic rings. The zero-order chi connectivity index (χ0) is 16.9. The van der Waals surface area contributed by atoms with Gasteiger partial charge in [0.05, 0.1) is 0 Å². The van der Waals surface area contributed by atoms with Crippen molar-refractivity contribution < 1.29 is 13.6 Å². The molecule has 0 aliphatic heterocycles. The molecule has 1 aromatic carbocycles. The molecule has 1 N–H and O–H groups in total. The smallest absolute Gasteiger partial charge is 0.251 e. The second-order valence-corrected chi connectivity index (χ2v) is 4.90. The van der Waals surface area contributed by atoms with Crippen molar-refractivity contribution in [3.8, 4) is 11.6 Å². The summed E-state index contributed by atoms with van der Waals surface area (Å²) in [6, 6.07) is 4.73. The lowest BCUT2D eigenvalue weighted by atomic mass is 10.2. The SMILES string of the molecule is O=C(NCCn1ccnc1-c1ncccn1)c1ccc(F)c(F)c1. The highest BCUT2D eigenvalue weighted by molar-refractivity contribution is 5.94. The Labute approximate surface area is 136 Å². The highest BCUT2D eigenvalue weighted by Gasteiger charge is 2.11. The summed E-state index contributed by atoms with van der Waals surface area (Å²) in [5.74, 6) is -1.46. The Kier molecular flexibility index (Phi) is 4.55. The van der Waals surface area contributed by atoms with Crippen molar-refractivity contribution in [3.05, 3.63) is 66.3 Å². The van der Waals surface area contributed by atoms with Gasteiger partial charge >= 0.3 is 0 Å². The molecular formula is C16H13F2N5O. The first kappa shape index (κ1) is 15.7. The largest absolute Gasteiger partial charge is 0.350 e. The minimum atomic E-state index is -1.05. The van der Waals surface area contributed by atoms with Crippen LogP contribution >= 0.6 is 0 Å². The van der Waals surface area contributed by atoms with E-state index in [1.54, 1.807) is 35.4 Å². The maximum atomic E-state index is 13.1. The maximum absolute atomic E-state index is 13.1. The van der Waals surface area contributed by atoms with E-state index in [2.05, 4.69) is 20.3 Å². The summed E-state index contributed by atoms with van der Waals surface area (Å²) in [4.78, 5) is 24.4. The van der Waals surface area contributed by atoms with Gasteiger partial charge in [-0.15, -0.1) is 0 Å². The second kappa shape index (κ2) is 6.95. The van der Waals surface area contributed by atoms with Crippen molar-refractivity contribution in [1.29, 1.82) is 0 Å². The van der Waals surface area contributed by atoms with Gasteiger partial charge in [0.25, 0.3) is 5.91 Å². The van der Waals surface area contributed by atoms with Crippen LogP contribution in [-0.2, 0) is 6.54 Å². The van der Waals surface area contributed by atoms with Crippen molar-refractivity contribution in [2.24, 2.45) is 0 Å². The number of hydrogen-bond acceptors (Lipinski definition) is 4. The number of aromatic nitrogens is 4. The third kappa shape index (κ3) is 3.43. The van der Waals surface area contributed by atoms with E-state index in [-0.39, 0.29) is 12.1 Å². The molecule has 6 nitrogen and oxygen atoms in total. The fourth-order valence-corrected chi connectivity index (χ4v) is 2.14. The highest BCUT2D eigenvalue weighted by atomic mass is 19.2. The van der Waals surface area contributed by atoms with E-state index in [1.165, 1.54) is 6.07 Å². The third-order valence-electron chi connectivity index (χ3n) is 3.30. The first-order valence-electron chi connectivity index (χ1n) is 7.17. The van der Waals surface area contributed by atoms with Crippen LogP contribution < -0.4 is 5.32 Å². The molecule has 0 spiro atoms. The number of benzene rings is 1. The summed E-state index contributed by atoms with van der Waals surface area (Å²) in [5.41, 5.74) is 0.0612. The first-order chi connectivity index (χ1) is 11.6. The number of nitrogens with zero attached hydrogens (tertiary/aromatic N) is 4. The fourth-order valence-electron chi connectivity index (χ4n) is 2.14. The number of carbonyl (C=O) groups is 1. The molecule has 0 aliphatic carbocycles. The molecule has 0 atom stereocenters. The molecule has 0 radical (unpaired) electrons. The Morgan fingerprint density at radius 1 is 1.08 bits per heavy atom. The number of rotatable bonds is 5. The predicted octanol–water partition coefficient (Wildman–Crippen LogP) is 2.05. The molecule has 0 unspecified atom stereocenters. The number of amides is 1.